The van der Waals surface area contributed by atoms with E-state index in [1.165, 1.54) is 12.1 Å². The van der Waals surface area contributed by atoms with E-state index in [4.69, 9.17) is 23.5 Å². The van der Waals surface area contributed by atoms with Crippen molar-refractivity contribution in [3.63, 3.8) is 0 Å². The molecule has 4 rings (SSSR count). The summed E-state index contributed by atoms with van der Waals surface area (Å²) in [6, 6.07) is 8.06. The number of fused-ring (bicyclic) bond motifs is 1. The minimum absolute atomic E-state index is 0.123. The van der Waals surface area contributed by atoms with Gasteiger partial charge < -0.3 is 33.9 Å². The Labute approximate surface area is 207 Å². The number of hydrogen-bond donors (Lipinski definition) is 2. The van der Waals surface area contributed by atoms with Gasteiger partial charge in [0, 0.05) is 30.7 Å². The molecule has 0 fully saturated rings. The third-order valence-corrected chi connectivity index (χ3v) is 5.45. The minimum Gasteiger partial charge on any atom is -0.507 e. The van der Waals surface area contributed by atoms with E-state index in [2.05, 4.69) is 15.5 Å². The third kappa shape index (κ3) is 5.51. The van der Waals surface area contributed by atoms with Gasteiger partial charge in [-0.2, -0.15) is 4.98 Å². The van der Waals surface area contributed by atoms with Gasteiger partial charge >= 0.3 is 0 Å². The number of rotatable bonds is 9. The summed E-state index contributed by atoms with van der Waals surface area (Å²) in [4.78, 5) is 28.9. The molecule has 2 heterocycles. The standard InChI is InChI=1S/C25H27N3O8/c1-25(2)12-17(30)23-16(29)10-15(11-20(23)35-25)34-13-21(31)26-8-7-22-27-24(28-36-22)14-5-6-18(32-3)19(9-14)33-4/h5-6,9-11,29H,7-8,12-13H2,1-4H3,(H,26,31). The van der Waals surface area contributed by atoms with Gasteiger partial charge in [0.1, 0.15) is 28.4 Å². The minimum atomic E-state index is -0.694. The van der Waals surface area contributed by atoms with Crippen molar-refractivity contribution in [3.8, 4) is 40.1 Å². The highest BCUT2D eigenvalue weighted by molar-refractivity contribution is 6.03. The van der Waals surface area contributed by atoms with Crippen LogP contribution in [-0.2, 0) is 11.2 Å². The predicted molar refractivity (Wildman–Crippen MR) is 127 cm³/mol. The number of amides is 1. The van der Waals surface area contributed by atoms with Crippen molar-refractivity contribution in [3.05, 3.63) is 41.8 Å². The van der Waals surface area contributed by atoms with Crippen LogP contribution < -0.4 is 24.3 Å². The molecule has 2 N–H and O–H groups in total. The Hall–Kier alpha value is -4.28. The van der Waals surface area contributed by atoms with Crippen molar-refractivity contribution in [2.75, 3.05) is 27.4 Å². The predicted octanol–water partition coefficient (Wildman–Crippen LogP) is 2.94. The lowest BCUT2D eigenvalue weighted by molar-refractivity contribution is -0.123. The molecular formula is C25H27N3O8. The number of carbonyl (C=O) groups is 2. The van der Waals surface area contributed by atoms with Crippen LogP contribution in [0.5, 0.6) is 28.7 Å². The first-order valence-corrected chi connectivity index (χ1v) is 11.2. The number of hydrogen-bond acceptors (Lipinski definition) is 10. The molecule has 1 amide bonds. The number of Topliss-reactive ketones (excluding diaryl/α,β-unsaturated/α-hetero) is 1. The number of phenols is 1. The quantitative estimate of drug-likeness (QED) is 0.453. The van der Waals surface area contributed by atoms with E-state index in [1.807, 2.05) is 0 Å². The van der Waals surface area contributed by atoms with Crippen molar-refractivity contribution in [1.29, 1.82) is 0 Å². The van der Waals surface area contributed by atoms with Crippen molar-refractivity contribution in [2.45, 2.75) is 32.3 Å². The van der Waals surface area contributed by atoms with Gasteiger partial charge in [-0.05, 0) is 32.0 Å². The van der Waals surface area contributed by atoms with E-state index in [9.17, 15) is 14.7 Å². The molecule has 0 unspecified atom stereocenters. The number of phenolic OH excluding ortho intramolecular Hbond substituents is 1. The van der Waals surface area contributed by atoms with Gasteiger partial charge in [-0.3, -0.25) is 9.59 Å². The van der Waals surface area contributed by atoms with Crippen LogP contribution in [0.4, 0.5) is 0 Å². The number of aromatic nitrogens is 2. The second-order valence-corrected chi connectivity index (χ2v) is 8.75. The second-order valence-electron chi connectivity index (χ2n) is 8.75. The number of ketones is 1. The highest BCUT2D eigenvalue weighted by Crippen LogP contribution is 2.41. The Morgan fingerprint density at radius 1 is 1.17 bits per heavy atom. The first kappa shape index (κ1) is 24.8. The molecule has 0 radical (unpaired) electrons. The lowest BCUT2D eigenvalue weighted by atomic mass is 9.92. The zero-order valence-electron chi connectivity index (χ0n) is 20.4. The summed E-state index contributed by atoms with van der Waals surface area (Å²) in [5.74, 6) is 1.47. The van der Waals surface area contributed by atoms with Crippen molar-refractivity contribution in [1.82, 2.24) is 15.5 Å². The molecule has 2 aromatic carbocycles. The Bertz CT molecular complexity index is 1280. The molecule has 1 aliphatic rings. The smallest absolute Gasteiger partial charge is 0.257 e. The molecule has 11 nitrogen and oxygen atoms in total. The number of benzene rings is 2. The molecule has 3 aromatic rings. The summed E-state index contributed by atoms with van der Waals surface area (Å²) in [6.45, 7) is 3.52. The first-order chi connectivity index (χ1) is 17.2. The normalized spacial score (nSPS) is 13.9. The van der Waals surface area contributed by atoms with E-state index in [1.54, 1.807) is 46.3 Å². The zero-order chi connectivity index (χ0) is 25.9. The van der Waals surface area contributed by atoms with Crippen LogP contribution in [0, 0.1) is 0 Å². The maximum absolute atomic E-state index is 12.3. The number of carbonyl (C=O) groups excluding carboxylic acids is 2. The first-order valence-electron chi connectivity index (χ1n) is 11.2. The molecule has 190 valence electrons. The molecule has 0 saturated heterocycles. The maximum Gasteiger partial charge on any atom is 0.257 e. The zero-order valence-corrected chi connectivity index (χ0v) is 20.4. The SMILES string of the molecule is COc1ccc(-c2noc(CCNC(=O)COc3cc(O)c4c(c3)OC(C)(C)CC4=O)n2)cc1OC. The van der Waals surface area contributed by atoms with Gasteiger partial charge in [0.15, 0.2) is 23.9 Å². The average Bonchev–Trinajstić information content (AvgIpc) is 3.29. The van der Waals surface area contributed by atoms with E-state index >= 15 is 0 Å². The monoisotopic (exact) mass is 497 g/mol. The third-order valence-electron chi connectivity index (χ3n) is 5.45. The highest BCUT2D eigenvalue weighted by Gasteiger charge is 2.35. The Morgan fingerprint density at radius 2 is 1.94 bits per heavy atom. The lowest BCUT2D eigenvalue weighted by Crippen LogP contribution is -2.36. The van der Waals surface area contributed by atoms with E-state index < -0.39 is 5.60 Å². The van der Waals surface area contributed by atoms with Gasteiger partial charge in [-0.1, -0.05) is 5.16 Å². The number of ether oxygens (including phenoxy) is 4. The van der Waals surface area contributed by atoms with E-state index in [0.717, 1.165) is 0 Å². The van der Waals surface area contributed by atoms with Crippen LogP contribution in [0.25, 0.3) is 11.4 Å². The summed E-state index contributed by atoms with van der Waals surface area (Å²) >= 11 is 0. The summed E-state index contributed by atoms with van der Waals surface area (Å²) in [7, 11) is 3.09. The van der Waals surface area contributed by atoms with Crippen LogP contribution in [0.3, 0.4) is 0 Å². The molecule has 0 bridgehead atoms. The molecule has 1 aromatic heterocycles. The fourth-order valence-electron chi connectivity index (χ4n) is 3.79. The Morgan fingerprint density at radius 3 is 2.69 bits per heavy atom. The van der Waals surface area contributed by atoms with Gasteiger partial charge in [-0.15, -0.1) is 0 Å². The summed E-state index contributed by atoms with van der Waals surface area (Å²) in [6.07, 6.45) is 0.475. The molecule has 0 aliphatic carbocycles. The highest BCUT2D eigenvalue weighted by atomic mass is 16.5. The van der Waals surface area contributed by atoms with Crippen LogP contribution in [0.2, 0.25) is 0 Å². The van der Waals surface area contributed by atoms with Crippen LogP contribution in [-0.4, -0.2) is 59.9 Å². The fourth-order valence-corrected chi connectivity index (χ4v) is 3.79. The van der Waals surface area contributed by atoms with E-state index in [0.29, 0.717) is 35.2 Å². The van der Waals surface area contributed by atoms with Crippen molar-refractivity contribution >= 4 is 11.7 Å². The average molecular weight is 498 g/mol. The molecule has 11 heteroatoms. The molecular weight excluding hydrogens is 470 g/mol. The number of nitrogens with one attached hydrogen (secondary N) is 1. The fraction of sp³-hybridized carbons (Fsp3) is 0.360. The van der Waals surface area contributed by atoms with Gasteiger partial charge in [0.25, 0.3) is 5.91 Å². The molecule has 0 spiro atoms. The second kappa shape index (κ2) is 10.1. The molecule has 36 heavy (non-hydrogen) atoms. The number of nitrogens with zero attached hydrogens (tertiary/aromatic N) is 2. The molecule has 0 saturated carbocycles. The summed E-state index contributed by atoms with van der Waals surface area (Å²) < 4.78 is 27.1. The van der Waals surface area contributed by atoms with Crippen molar-refractivity contribution < 1.29 is 38.2 Å². The lowest BCUT2D eigenvalue weighted by Gasteiger charge is -2.32. The maximum atomic E-state index is 12.3. The van der Waals surface area contributed by atoms with Gasteiger partial charge in [0.2, 0.25) is 11.7 Å². The van der Waals surface area contributed by atoms with Crippen LogP contribution in [0.15, 0.2) is 34.9 Å². The summed E-state index contributed by atoms with van der Waals surface area (Å²) in [5, 5.41) is 16.9. The van der Waals surface area contributed by atoms with Gasteiger partial charge in [0.05, 0.1) is 20.6 Å². The Kier molecular flexibility index (Phi) is 7.00. The number of aromatic hydroxyl groups is 1. The summed E-state index contributed by atoms with van der Waals surface area (Å²) in [5.41, 5.74) is 0.126. The van der Waals surface area contributed by atoms with Crippen molar-refractivity contribution in [2.24, 2.45) is 0 Å². The molecule has 0 atom stereocenters. The largest absolute Gasteiger partial charge is 0.507 e. The van der Waals surface area contributed by atoms with Crippen LogP contribution >= 0.6 is 0 Å². The van der Waals surface area contributed by atoms with Gasteiger partial charge in [-0.25, -0.2) is 0 Å². The molecule has 1 aliphatic heterocycles. The topological polar surface area (TPSA) is 142 Å². The van der Waals surface area contributed by atoms with Crippen LogP contribution in [0.1, 0.15) is 36.5 Å². The number of methoxy groups -OCH3 is 2. The Balaban J connectivity index is 1.29. The van der Waals surface area contributed by atoms with E-state index in [-0.39, 0.29) is 54.1 Å².